The van der Waals surface area contributed by atoms with Gasteiger partial charge in [0.25, 0.3) is 5.91 Å². The van der Waals surface area contributed by atoms with Crippen molar-refractivity contribution >= 4 is 5.91 Å². The number of aryl methyl sites for hydroxylation is 2. The first-order valence-corrected chi connectivity index (χ1v) is 6.56. The highest BCUT2D eigenvalue weighted by molar-refractivity contribution is 5.95. The van der Waals surface area contributed by atoms with Gasteiger partial charge < -0.3 is 5.32 Å². The molecule has 20 heavy (non-hydrogen) atoms. The maximum absolute atomic E-state index is 12.2. The molecule has 2 rings (SSSR count). The molecule has 0 aliphatic carbocycles. The highest BCUT2D eigenvalue weighted by Crippen LogP contribution is 2.16. The number of aromatic nitrogens is 4. The predicted molar refractivity (Wildman–Crippen MR) is 75.2 cm³/mol. The van der Waals surface area contributed by atoms with Crippen molar-refractivity contribution in [2.75, 3.05) is 0 Å². The molecule has 0 fully saturated rings. The average molecular weight is 273 g/mol. The lowest BCUT2D eigenvalue weighted by molar-refractivity contribution is 0.0948. The molecule has 6 nitrogen and oxygen atoms in total. The van der Waals surface area contributed by atoms with Crippen molar-refractivity contribution in [2.45, 2.75) is 33.2 Å². The molecule has 2 heterocycles. The maximum atomic E-state index is 12.2. The van der Waals surface area contributed by atoms with Crippen molar-refractivity contribution in [3.05, 3.63) is 41.2 Å². The zero-order valence-corrected chi connectivity index (χ0v) is 12.2. The van der Waals surface area contributed by atoms with E-state index in [2.05, 4.69) is 20.4 Å². The smallest absolute Gasteiger partial charge is 0.254 e. The van der Waals surface area contributed by atoms with E-state index < -0.39 is 0 Å². The molecule has 0 aliphatic heterocycles. The summed E-state index contributed by atoms with van der Waals surface area (Å²) in [7, 11) is 1.84. The van der Waals surface area contributed by atoms with Crippen LogP contribution in [-0.2, 0) is 13.6 Å². The predicted octanol–water partition coefficient (Wildman–Crippen LogP) is 1.57. The molecule has 0 bridgehead atoms. The number of carbonyl (C=O) groups excluding carboxylic acids is 1. The van der Waals surface area contributed by atoms with Crippen molar-refractivity contribution < 1.29 is 4.79 Å². The Bertz CT molecular complexity index is 618. The average Bonchev–Trinajstić information content (AvgIpc) is 2.81. The summed E-state index contributed by atoms with van der Waals surface area (Å²) in [6.07, 6.45) is 5.20. The van der Waals surface area contributed by atoms with Crippen LogP contribution in [0.2, 0.25) is 0 Å². The fourth-order valence-corrected chi connectivity index (χ4v) is 1.94. The van der Waals surface area contributed by atoms with Crippen LogP contribution >= 0.6 is 0 Å². The minimum Gasteiger partial charge on any atom is -0.348 e. The number of rotatable bonds is 4. The summed E-state index contributed by atoms with van der Waals surface area (Å²) >= 11 is 0. The Kier molecular flexibility index (Phi) is 4.12. The second-order valence-corrected chi connectivity index (χ2v) is 5.08. The molecule has 0 aromatic carbocycles. The number of hydrogen-bond acceptors (Lipinski definition) is 4. The van der Waals surface area contributed by atoms with Crippen molar-refractivity contribution in [3.8, 4) is 0 Å². The molecule has 2 aromatic heterocycles. The summed E-state index contributed by atoms with van der Waals surface area (Å²) in [5.41, 5.74) is 2.27. The van der Waals surface area contributed by atoms with Crippen LogP contribution in [0.25, 0.3) is 0 Å². The lowest BCUT2D eigenvalue weighted by Gasteiger charge is -2.11. The molecule has 106 valence electrons. The fraction of sp³-hybridized carbons (Fsp3) is 0.429. The van der Waals surface area contributed by atoms with Crippen LogP contribution in [0.5, 0.6) is 0 Å². The van der Waals surface area contributed by atoms with E-state index in [-0.39, 0.29) is 11.8 Å². The van der Waals surface area contributed by atoms with Gasteiger partial charge in [-0.25, -0.2) is 9.97 Å². The highest BCUT2D eigenvalue weighted by atomic mass is 16.1. The van der Waals surface area contributed by atoms with E-state index >= 15 is 0 Å². The quantitative estimate of drug-likeness (QED) is 0.917. The van der Waals surface area contributed by atoms with Gasteiger partial charge in [-0.15, -0.1) is 0 Å². The third kappa shape index (κ3) is 3.20. The van der Waals surface area contributed by atoms with Gasteiger partial charge in [-0.3, -0.25) is 9.48 Å². The van der Waals surface area contributed by atoms with Crippen LogP contribution in [0.3, 0.4) is 0 Å². The zero-order valence-electron chi connectivity index (χ0n) is 12.2. The molecule has 0 spiro atoms. The Labute approximate surface area is 118 Å². The van der Waals surface area contributed by atoms with Crippen LogP contribution in [0.15, 0.2) is 18.6 Å². The second kappa shape index (κ2) is 5.81. The molecular formula is C14H19N5O. The van der Waals surface area contributed by atoms with E-state index in [4.69, 9.17) is 0 Å². The molecule has 1 N–H and O–H groups in total. The Balaban J connectivity index is 2.13. The van der Waals surface area contributed by atoms with Crippen LogP contribution < -0.4 is 5.32 Å². The van der Waals surface area contributed by atoms with Crippen LogP contribution in [-0.4, -0.2) is 25.7 Å². The van der Waals surface area contributed by atoms with E-state index in [1.54, 1.807) is 17.1 Å². The lowest BCUT2D eigenvalue weighted by Crippen LogP contribution is -2.25. The van der Waals surface area contributed by atoms with Gasteiger partial charge in [0.15, 0.2) is 0 Å². The molecule has 1 amide bonds. The first-order valence-electron chi connectivity index (χ1n) is 6.56. The summed E-state index contributed by atoms with van der Waals surface area (Å²) < 4.78 is 1.70. The lowest BCUT2D eigenvalue weighted by atomic mass is 10.0. The monoisotopic (exact) mass is 273 g/mol. The van der Waals surface area contributed by atoms with Crippen LogP contribution in [0.4, 0.5) is 0 Å². The van der Waals surface area contributed by atoms with E-state index in [0.717, 1.165) is 11.3 Å². The largest absolute Gasteiger partial charge is 0.348 e. The minimum absolute atomic E-state index is 0.155. The van der Waals surface area contributed by atoms with Gasteiger partial charge in [0.2, 0.25) is 0 Å². The Morgan fingerprint density at radius 3 is 2.75 bits per heavy atom. The van der Waals surface area contributed by atoms with Gasteiger partial charge in [-0.2, -0.15) is 5.10 Å². The molecule has 6 heteroatoms. The van der Waals surface area contributed by atoms with Gasteiger partial charge in [-0.1, -0.05) is 13.8 Å². The normalized spacial score (nSPS) is 10.8. The van der Waals surface area contributed by atoms with Gasteiger partial charge in [0, 0.05) is 31.5 Å². The Morgan fingerprint density at radius 2 is 2.15 bits per heavy atom. The van der Waals surface area contributed by atoms with Gasteiger partial charge in [-0.05, 0) is 12.8 Å². The first-order chi connectivity index (χ1) is 9.47. The van der Waals surface area contributed by atoms with E-state index in [1.165, 1.54) is 0 Å². The number of carbonyl (C=O) groups is 1. The topological polar surface area (TPSA) is 72.7 Å². The van der Waals surface area contributed by atoms with Crippen molar-refractivity contribution in [1.82, 2.24) is 25.1 Å². The van der Waals surface area contributed by atoms with Gasteiger partial charge >= 0.3 is 0 Å². The fourth-order valence-electron chi connectivity index (χ4n) is 1.94. The number of nitrogens with one attached hydrogen (secondary N) is 1. The van der Waals surface area contributed by atoms with E-state index in [1.807, 2.05) is 34.0 Å². The molecule has 0 saturated heterocycles. The zero-order chi connectivity index (χ0) is 14.7. The SMILES string of the molecule is Cc1ncc(C(=O)NCc2cnn(C)c2)c(C(C)C)n1. The molecule has 0 unspecified atom stereocenters. The van der Waals surface area contributed by atoms with Gasteiger partial charge in [0.05, 0.1) is 17.5 Å². The third-order valence-corrected chi connectivity index (χ3v) is 2.94. The summed E-state index contributed by atoms with van der Waals surface area (Å²) in [4.78, 5) is 20.7. The maximum Gasteiger partial charge on any atom is 0.254 e. The summed E-state index contributed by atoms with van der Waals surface area (Å²) in [6.45, 7) is 6.29. The summed E-state index contributed by atoms with van der Waals surface area (Å²) in [5.74, 6) is 0.700. The highest BCUT2D eigenvalue weighted by Gasteiger charge is 2.16. The van der Waals surface area contributed by atoms with Crippen molar-refractivity contribution in [2.24, 2.45) is 7.05 Å². The molecule has 0 saturated carbocycles. The Morgan fingerprint density at radius 1 is 1.40 bits per heavy atom. The number of hydrogen-bond donors (Lipinski definition) is 1. The second-order valence-electron chi connectivity index (χ2n) is 5.08. The minimum atomic E-state index is -0.155. The van der Waals surface area contributed by atoms with Crippen LogP contribution in [0.1, 0.15) is 47.2 Å². The van der Waals surface area contributed by atoms with Crippen molar-refractivity contribution in [3.63, 3.8) is 0 Å². The third-order valence-electron chi connectivity index (χ3n) is 2.94. The van der Waals surface area contributed by atoms with Gasteiger partial charge in [0.1, 0.15) is 5.82 Å². The van der Waals surface area contributed by atoms with Crippen molar-refractivity contribution in [1.29, 1.82) is 0 Å². The molecule has 2 aromatic rings. The molecular weight excluding hydrogens is 254 g/mol. The van der Waals surface area contributed by atoms with E-state index in [9.17, 15) is 4.79 Å². The summed E-state index contributed by atoms with van der Waals surface area (Å²) in [5, 5.41) is 6.94. The van der Waals surface area contributed by atoms with E-state index in [0.29, 0.717) is 17.9 Å². The number of amides is 1. The molecule has 0 radical (unpaired) electrons. The standard InChI is InChI=1S/C14H19N5O/c1-9(2)13-12(7-15-10(3)18-13)14(20)16-5-11-6-17-19(4)8-11/h6-9H,5H2,1-4H3,(H,16,20). The first kappa shape index (κ1) is 14.2. The van der Waals surface area contributed by atoms with Crippen LogP contribution in [0, 0.1) is 6.92 Å². The molecule has 0 atom stereocenters. The number of nitrogens with zero attached hydrogens (tertiary/aromatic N) is 4. The Hall–Kier alpha value is -2.24. The summed E-state index contributed by atoms with van der Waals surface area (Å²) in [6, 6.07) is 0. The molecule has 0 aliphatic rings.